The van der Waals surface area contributed by atoms with Crippen molar-refractivity contribution >= 4 is 29.9 Å². The summed E-state index contributed by atoms with van der Waals surface area (Å²) in [6, 6.07) is 3.99. The van der Waals surface area contributed by atoms with Crippen LogP contribution in [0.4, 0.5) is 8.78 Å². The van der Waals surface area contributed by atoms with E-state index in [0.29, 0.717) is 18.4 Å². The zero-order chi connectivity index (χ0) is 15.6. The average Bonchev–Trinajstić information content (AvgIpc) is 2.92. The van der Waals surface area contributed by atoms with Crippen LogP contribution in [-0.2, 0) is 6.42 Å². The first kappa shape index (κ1) is 18.4. The molecule has 3 nitrogen and oxygen atoms in total. The van der Waals surface area contributed by atoms with E-state index in [1.165, 1.54) is 43.9 Å². The van der Waals surface area contributed by atoms with Gasteiger partial charge in [-0.15, -0.1) is 24.0 Å². The van der Waals surface area contributed by atoms with Crippen molar-refractivity contribution in [3.8, 4) is 0 Å². The van der Waals surface area contributed by atoms with E-state index in [4.69, 9.17) is 0 Å². The lowest BCUT2D eigenvalue weighted by Crippen LogP contribution is -2.43. The van der Waals surface area contributed by atoms with E-state index in [-0.39, 0.29) is 29.5 Å². The first-order valence-corrected chi connectivity index (χ1v) is 8.02. The molecule has 3 rings (SSSR count). The van der Waals surface area contributed by atoms with E-state index in [2.05, 4.69) is 15.2 Å². The van der Waals surface area contributed by atoms with Crippen molar-refractivity contribution in [1.82, 2.24) is 10.2 Å². The molecule has 23 heavy (non-hydrogen) atoms. The standard InChI is InChI=1S/C17H23F2N3.HI/c1-20-16(22-11-9-17(12-22)7-3-8-17)21-10-6-13-14(18)4-2-5-15(13)19;/h2,4-5H,3,6-12H2,1H3,(H,20,21);1H. The molecule has 1 spiro atoms. The number of halogens is 3. The van der Waals surface area contributed by atoms with Crippen molar-refractivity contribution in [3.63, 3.8) is 0 Å². The molecule has 1 aliphatic carbocycles. The number of nitrogens with one attached hydrogen (secondary N) is 1. The van der Waals surface area contributed by atoms with Crippen molar-refractivity contribution in [2.24, 2.45) is 10.4 Å². The zero-order valence-corrected chi connectivity index (χ0v) is 15.8. The predicted octanol–water partition coefficient (Wildman–Crippen LogP) is 3.58. The van der Waals surface area contributed by atoms with Gasteiger partial charge in [0, 0.05) is 32.2 Å². The molecule has 1 saturated heterocycles. The second-order valence-corrected chi connectivity index (χ2v) is 6.45. The summed E-state index contributed by atoms with van der Waals surface area (Å²) in [5, 5.41) is 3.24. The Kier molecular flexibility index (Phi) is 6.22. The molecule has 0 unspecified atom stereocenters. The van der Waals surface area contributed by atoms with Crippen LogP contribution in [0.15, 0.2) is 23.2 Å². The Morgan fingerprint density at radius 2 is 1.96 bits per heavy atom. The molecule has 0 radical (unpaired) electrons. The van der Waals surface area contributed by atoms with Gasteiger partial charge in [0.25, 0.3) is 0 Å². The summed E-state index contributed by atoms with van der Waals surface area (Å²) in [7, 11) is 1.76. The van der Waals surface area contributed by atoms with Gasteiger partial charge in [0.2, 0.25) is 0 Å². The summed E-state index contributed by atoms with van der Waals surface area (Å²) in [5.74, 6) is -0.113. The van der Waals surface area contributed by atoms with Crippen molar-refractivity contribution < 1.29 is 8.78 Å². The first-order valence-electron chi connectivity index (χ1n) is 8.02. The number of likely N-dealkylation sites (tertiary alicyclic amines) is 1. The van der Waals surface area contributed by atoms with E-state index in [9.17, 15) is 8.78 Å². The van der Waals surface area contributed by atoms with Crippen molar-refractivity contribution in [2.45, 2.75) is 32.1 Å². The molecule has 0 amide bonds. The van der Waals surface area contributed by atoms with Gasteiger partial charge >= 0.3 is 0 Å². The molecule has 1 heterocycles. The van der Waals surface area contributed by atoms with E-state index in [1.54, 1.807) is 7.05 Å². The Morgan fingerprint density at radius 1 is 1.26 bits per heavy atom. The normalized spacial score (nSPS) is 19.4. The number of benzene rings is 1. The maximum atomic E-state index is 13.6. The average molecular weight is 435 g/mol. The van der Waals surface area contributed by atoms with Crippen LogP contribution >= 0.6 is 24.0 Å². The minimum Gasteiger partial charge on any atom is -0.356 e. The fraction of sp³-hybridized carbons (Fsp3) is 0.588. The summed E-state index contributed by atoms with van der Waals surface area (Å²) in [4.78, 5) is 6.59. The number of nitrogens with zero attached hydrogens (tertiary/aromatic N) is 2. The van der Waals surface area contributed by atoms with Crippen LogP contribution < -0.4 is 5.32 Å². The second-order valence-electron chi connectivity index (χ2n) is 6.45. The topological polar surface area (TPSA) is 27.6 Å². The van der Waals surface area contributed by atoms with Crippen molar-refractivity contribution in [1.29, 1.82) is 0 Å². The highest BCUT2D eigenvalue weighted by atomic mass is 127. The highest BCUT2D eigenvalue weighted by Gasteiger charge is 2.43. The first-order chi connectivity index (χ1) is 10.6. The molecule has 6 heteroatoms. The molecule has 2 aliphatic rings. The molecule has 1 aromatic carbocycles. The number of aliphatic imine (C=N–C) groups is 1. The summed E-state index contributed by atoms with van der Waals surface area (Å²) in [5.41, 5.74) is 0.650. The molecule has 1 N–H and O–H groups in total. The maximum absolute atomic E-state index is 13.6. The molecule has 2 fully saturated rings. The lowest BCUT2D eigenvalue weighted by atomic mass is 9.68. The summed E-state index contributed by atoms with van der Waals surface area (Å²) < 4.78 is 27.2. The van der Waals surface area contributed by atoms with Crippen LogP contribution in [-0.4, -0.2) is 37.5 Å². The van der Waals surface area contributed by atoms with Crippen molar-refractivity contribution in [2.75, 3.05) is 26.7 Å². The third kappa shape index (κ3) is 3.95. The molecule has 1 aromatic rings. The van der Waals surface area contributed by atoms with E-state index >= 15 is 0 Å². The fourth-order valence-electron chi connectivity index (χ4n) is 3.60. The predicted molar refractivity (Wildman–Crippen MR) is 99.3 cm³/mol. The number of hydrogen-bond acceptors (Lipinski definition) is 1. The molecule has 0 aromatic heterocycles. The number of hydrogen-bond donors (Lipinski definition) is 1. The smallest absolute Gasteiger partial charge is 0.193 e. The second kappa shape index (κ2) is 7.77. The molecule has 128 valence electrons. The maximum Gasteiger partial charge on any atom is 0.193 e. The fourth-order valence-corrected chi connectivity index (χ4v) is 3.60. The van der Waals surface area contributed by atoms with Crippen LogP contribution in [0.1, 0.15) is 31.2 Å². The van der Waals surface area contributed by atoms with Gasteiger partial charge in [0.15, 0.2) is 5.96 Å². The highest BCUT2D eigenvalue weighted by molar-refractivity contribution is 14.0. The molecular weight excluding hydrogens is 411 g/mol. The molecule has 0 bridgehead atoms. The van der Waals surface area contributed by atoms with Crippen LogP contribution in [0.2, 0.25) is 0 Å². The van der Waals surface area contributed by atoms with Gasteiger partial charge in [0.05, 0.1) is 0 Å². The summed E-state index contributed by atoms with van der Waals surface area (Å²) in [6.45, 7) is 2.56. The minimum absolute atomic E-state index is 0. The van der Waals surface area contributed by atoms with E-state index in [0.717, 1.165) is 19.0 Å². The molecular formula is C17H24F2IN3. The van der Waals surface area contributed by atoms with Crippen LogP contribution in [0.25, 0.3) is 0 Å². The number of rotatable bonds is 3. The number of guanidine groups is 1. The Labute approximate surface area is 153 Å². The lowest BCUT2D eigenvalue weighted by Gasteiger charge is -2.38. The molecule has 1 aliphatic heterocycles. The van der Waals surface area contributed by atoms with E-state index < -0.39 is 11.6 Å². The van der Waals surface area contributed by atoms with Crippen LogP contribution in [0, 0.1) is 17.0 Å². The van der Waals surface area contributed by atoms with Gasteiger partial charge in [-0.25, -0.2) is 8.78 Å². The zero-order valence-electron chi connectivity index (χ0n) is 13.4. The van der Waals surface area contributed by atoms with Gasteiger partial charge in [-0.1, -0.05) is 12.5 Å². The monoisotopic (exact) mass is 435 g/mol. The Morgan fingerprint density at radius 3 is 2.48 bits per heavy atom. The van der Waals surface area contributed by atoms with Gasteiger partial charge in [-0.05, 0) is 43.2 Å². The Bertz CT molecular complexity index is 553. The third-order valence-electron chi connectivity index (χ3n) is 5.08. The lowest BCUT2D eigenvalue weighted by molar-refractivity contribution is 0.151. The SMILES string of the molecule is CN=C(NCCc1c(F)cccc1F)N1CCC2(CCC2)C1.I. The van der Waals surface area contributed by atoms with E-state index in [1.807, 2.05) is 0 Å². The van der Waals surface area contributed by atoms with Gasteiger partial charge in [-0.2, -0.15) is 0 Å². The van der Waals surface area contributed by atoms with Crippen molar-refractivity contribution in [3.05, 3.63) is 35.4 Å². The van der Waals surface area contributed by atoms with Crippen LogP contribution in [0.5, 0.6) is 0 Å². The van der Waals surface area contributed by atoms with Crippen LogP contribution in [0.3, 0.4) is 0 Å². The quantitative estimate of drug-likeness (QED) is 0.447. The highest BCUT2D eigenvalue weighted by Crippen LogP contribution is 2.47. The Balaban J connectivity index is 0.00000192. The minimum atomic E-state index is -0.480. The Hall–Kier alpha value is -0.920. The van der Waals surface area contributed by atoms with Gasteiger partial charge < -0.3 is 10.2 Å². The molecule has 0 atom stereocenters. The third-order valence-corrected chi connectivity index (χ3v) is 5.08. The van der Waals surface area contributed by atoms with Gasteiger partial charge in [-0.3, -0.25) is 4.99 Å². The van der Waals surface area contributed by atoms with Gasteiger partial charge in [0.1, 0.15) is 11.6 Å². The molecule has 1 saturated carbocycles. The summed E-state index contributed by atoms with van der Waals surface area (Å²) in [6.07, 6.45) is 5.53. The summed E-state index contributed by atoms with van der Waals surface area (Å²) >= 11 is 0. The largest absolute Gasteiger partial charge is 0.356 e.